The Kier molecular flexibility index (Phi) is 4.54. The molecule has 1 heterocycles. The number of H-pyrrole nitrogens is 1. The SMILES string of the molecule is Cc1ccc(C#CCO)cc1NC(=O)c1ccc[nH]c1=O. The molecule has 2 aromatic rings. The number of hydrogen-bond donors (Lipinski definition) is 3. The number of benzene rings is 1. The molecule has 0 saturated heterocycles. The summed E-state index contributed by atoms with van der Waals surface area (Å²) in [7, 11) is 0. The van der Waals surface area contributed by atoms with E-state index >= 15 is 0 Å². The molecule has 1 aromatic carbocycles. The highest BCUT2D eigenvalue weighted by atomic mass is 16.2. The molecule has 5 heteroatoms. The third kappa shape index (κ3) is 3.59. The highest BCUT2D eigenvalue weighted by molar-refractivity contribution is 6.04. The first-order chi connectivity index (χ1) is 10.1. The second kappa shape index (κ2) is 6.55. The molecule has 0 radical (unpaired) electrons. The molecule has 0 unspecified atom stereocenters. The average molecular weight is 282 g/mol. The van der Waals surface area contributed by atoms with Crippen LogP contribution in [0.25, 0.3) is 0 Å². The van der Waals surface area contributed by atoms with Crippen LogP contribution in [-0.4, -0.2) is 22.6 Å². The van der Waals surface area contributed by atoms with Crippen LogP contribution in [0, 0.1) is 18.8 Å². The van der Waals surface area contributed by atoms with Crippen LogP contribution in [0.5, 0.6) is 0 Å². The molecule has 0 atom stereocenters. The Morgan fingerprint density at radius 2 is 2.19 bits per heavy atom. The summed E-state index contributed by atoms with van der Waals surface area (Å²) in [5.74, 6) is 4.83. The molecule has 0 spiro atoms. The number of aliphatic hydroxyl groups is 1. The van der Waals surface area contributed by atoms with Gasteiger partial charge in [-0.3, -0.25) is 9.59 Å². The van der Waals surface area contributed by atoms with Crippen LogP contribution in [0.4, 0.5) is 5.69 Å². The van der Waals surface area contributed by atoms with Crippen molar-refractivity contribution in [2.75, 3.05) is 11.9 Å². The van der Waals surface area contributed by atoms with E-state index in [0.717, 1.165) is 5.56 Å². The van der Waals surface area contributed by atoms with Gasteiger partial charge in [-0.1, -0.05) is 17.9 Å². The van der Waals surface area contributed by atoms with Crippen molar-refractivity contribution in [2.24, 2.45) is 0 Å². The molecule has 2 rings (SSSR count). The first-order valence-corrected chi connectivity index (χ1v) is 6.31. The van der Waals surface area contributed by atoms with Gasteiger partial charge in [0, 0.05) is 17.4 Å². The molecule has 21 heavy (non-hydrogen) atoms. The van der Waals surface area contributed by atoms with E-state index in [2.05, 4.69) is 22.1 Å². The number of aliphatic hydroxyl groups excluding tert-OH is 1. The minimum absolute atomic E-state index is 0.0451. The number of rotatable bonds is 2. The van der Waals surface area contributed by atoms with Crippen LogP contribution >= 0.6 is 0 Å². The van der Waals surface area contributed by atoms with Gasteiger partial charge >= 0.3 is 0 Å². The summed E-state index contributed by atoms with van der Waals surface area (Å²) in [6.07, 6.45) is 1.47. The minimum atomic E-state index is -0.479. The van der Waals surface area contributed by atoms with Crippen molar-refractivity contribution in [3.63, 3.8) is 0 Å². The fourth-order valence-electron chi connectivity index (χ4n) is 1.77. The molecular weight excluding hydrogens is 268 g/mol. The summed E-state index contributed by atoms with van der Waals surface area (Å²) in [5, 5.41) is 11.4. The number of pyridine rings is 1. The number of carbonyl (C=O) groups is 1. The van der Waals surface area contributed by atoms with Crippen molar-refractivity contribution >= 4 is 11.6 Å². The zero-order valence-corrected chi connectivity index (χ0v) is 11.4. The number of aryl methyl sites for hydroxylation is 1. The summed E-state index contributed by atoms with van der Waals surface area (Å²) in [5.41, 5.74) is 1.71. The van der Waals surface area contributed by atoms with Crippen LogP contribution in [0.1, 0.15) is 21.5 Å². The van der Waals surface area contributed by atoms with Crippen LogP contribution in [0.15, 0.2) is 41.3 Å². The molecule has 0 aliphatic rings. The van der Waals surface area contributed by atoms with Gasteiger partial charge in [0.05, 0.1) is 0 Å². The number of hydrogen-bond acceptors (Lipinski definition) is 3. The first-order valence-electron chi connectivity index (χ1n) is 6.31. The lowest BCUT2D eigenvalue weighted by Gasteiger charge is -2.08. The van der Waals surface area contributed by atoms with Crippen molar-refractivity contribution in [2.45, 2.75) is 6.92 Å². The van der Waals surface area contributed by atoms with E-state index in [9.17, 15) is 9.59 Å². The highest BCUT2D eigenvalue weighted by Gasteiger charge is 2.11. The Hall–Kier alpha value is -2.84. The molecule has 0 fully saturated rings. The first kappa shape index (κ1) is 14.6. The van der Waals surface area contributed by atoms with Gasteiger partial charge in [-0.05, 0) is 36.8 Å². The molecule has 0 aliphatic heterocycles. The van der Waals surface area contributed by atoms with E-state index < -0.39 is 11.5 Å². The van der Waals surface area contributed by atoms with Gasteiger partial charge in [-0.15, -0.1) is 0 Å². The molecule has 3 N–H and O–H groups in total. The lowest BCUT2D eigenvalue weighted by molar-refractivity contribution is 0.102. The molecule has 0 bridgehead atoms. The highest BCUT2D eigenvalue weighted by Crippen LogP contribution is 2.17. The Balaban J connectivity index is 2.29. The van der Waals surface area contributed by atoms with Gasteiger partial charge < -0.3 is 15.4 Å². The maximum Gasteiger partial charge on any atom is 0.261 e. The van der Waals surface area contributed by atoms with Crippen LogP contribution < -0.4 is 10.9 Å². The van der Waals surface area contributed by atoms with Crippen LogP contribution in [-0.2, 0) is 0 Å². The van der Waals surface area contributed by atoms with Crippen molar-refractivity contribution in [1.82, 2.24) is 4.98 Å². The third-order valence-electron chi connectivity index (χ3n) is 2.86. The average Bonchev–Trinajstić information content (AvgIpc) is 2.48. The molecular formula is C16H14N2O3. The van der Waals surface area contributed by atoms with E-state index in [-0.39, 0.29) is 12.2 Å². The number of aromatic nitrogens is 1. The fraction of sp³-hybridized carbons (Fsp3) is 0.125. The van der Waals surface area contributed by atoms with Crippen LogP contribution in [0.2, 0.25) is 0 Å². The van der Waals surface area contributed by atoms with E-state index in [1.165, 1.54) is 12.3 Å². The Morgan fingerprint density at radius 1 is 1.38 bits per heavy atom. The van der Waals surface area contributed by atoms with Gasteiger partial charge in [-0.25, -0.2) is 0 Å². The molecule has 0 saturated carbocycles. The maximum absolute atomic E-state index is 12.1. The zero-order valence-electron chi connectivity index (χ0n) is 11.4. The summed E-state index contributed by atoms with van der Waals surface area (Å²) in [6.45, 7) is 1.61. The van der Waals surface area contributed by atoms with E-state index in [0.29, 0.717) is 11.3 Å². The van der Waals surface area contributed by atoms with Gasteiger partial charge in [0.1, 0.15) is 12.2 Å². The molecule has 106 valence electrons. The smallest absolute Gasteiger partial charge is 0.261 e. The minimum Gasteiger partial charge on any atom is -0.384 e. The topological polar surface area (TPSA) is 82.2 Å². The second-order valence-corrected chi connectivity index (χ2v) is 4.36. The Labute approximate surface area is 121 Å². The van der Waals surface area contributed by atoms with Gasteiger partial charge in [0.2, 0.25) is 0 Å². The van der Waals surface area contributed by atoms with Crippen molar-refractivity contribution in [1.29, 1.82) is 0 Å². The Morgan fingerprint density at radius 3 is 2.90 bits per heavy atom. The number of anilines is 1. The lowest BCUT2D eigenvalue weighted by Crippen LogP contribution is -2.22. The molecule has 0 aliphatic carbocycles. The predicted molar refractivity (Wildman–Crippen MR) is 80.2 cm³/mol. The summed E-state index contributed by atoms with van der Waals surface area (Å²) < 4.78 is 0. The van der Waals surface area contributed by atoms with Crippen LogP contribution in [0.3, 0.4) is 0 Å². The summed E-state index contributed by atoms with van der Waals surface area (Å²) in [4.78, 5) is 26.1. The lowest BCUT2D eigenvalue weighted by atomic mass is 10.1. The fourth-order valence-corrected chi connectivity index (χ4v) is 1.77. The summed E-state index contributed by atoms with van der Waals surface area (Å²) >= 11 is 0. The quantitative estimate of drug-likeness (QED) is 0.726. The second-order valence-electron chi connectivity index (χ2n) is 4.36. The van der Waals surface area contributed by atoms with Gasteiger partial charge in [0.25, 0.3) is 11.5 Å². The Bertz CT molecular complexity index is 782. The number of carbonyl (C=O) groups excluding carboxylic acids is 1. The van der Waals surface area contributed by atoms with E-state index in [1.54, 1.807) is 18.2 Å². The van der Waals surface area contributed by atoms with E-state index in [1.807, 2.05) is 13.0 Å². The van der Waals surface area contributed by atoms with E-state index in [4.69, 9.17) is 5.11 Å². The normalized spacial score (nSPS) is 9.62. The largest absolute Gasteiger partial charge is 0.384 e. The zero-order chi connectivity index (χ0) is 15.2. The molecule has 1 aromatic heterocycles. The van der Waals surface area contributed by atoms with Crippen molar-refractivity contribution in [3.05, 3.63) is 63.6 Å². The predicted octanol–water partition coefficient (Wildman–Crippen LogP) is 1.28. The summed E-state index contributed by atoms with van der Waals surface area (Å²) in [6, 6.07) is 8.35. The van der Waals surface area contributed by atoms with Gasteiger partial charge in [0.15, 0.2) is 0 Å². The third-order valence-corrected chi connectivity index (χ3v) is 2.86. The molecule has 5 nitrogen and oxygen atoms in total. The number of amides is 1. The van der Waals surface area contributed by atoms with Crippen molar-refractivity contribution in [3.8, 4) is 11.8 Å². The maximum atomic E-state index is 12.1. The van der Waals surface area contributed by atoms with Gasteiger partial charge in [-0.2, -0.15) is 0 Å². The molecule has 1 amide bonds. The van der Waals surface area contributed by atoms with Crippen molar-refractivity contribution < 1.29 is 9.90 Å². The number of aromatic amines is 1. The standard InChI is InChI=1S/C16H14N2O3/c1-11-6-7-12(4-3-9-19)10-14(11)18-16(21)13-5-2-8-17-15(13)20/h2,5-8,10,19H,9H2,1H3,(H,17,20)(H,18,21). The monoisotopic (exact) mass is 282 g/mol. The number of nitrogens with one attached hydrogen (secondary N) is 2.